The Morgan fingerprint density at radius 2 is 2.46 bits per heavy atom. The van der Waals surface area contributed by atoms with Crippen LogP contribution in [0.25, 0.3) is 0 Å². The standard InChI is InChI=1S/C8H10N4S/c1-6-7(12-5-11-6)4-10-8-9-2-3-13-8/h2-3,5H,4H2,1H3,(H,9,10)(H,11,12). The van der Waals surface area contributed by atoms with Crippen LogP contribution < -0.4 is 5.32 Å². The van der Waals surface area contributed by atoms with Gasteiger partial charge < -0.3 is 10.3 Å². The van der Waals surface area contributed by atoms with Gasteiger partial charge >= 0.3 is 0 Å². The Kier molecular flexibility index (Phi) is 2.27. The zero-order valence-corrected chi connectivity index (χ0v) is 8.06. The number of imidazole rings is 1. The summed E-state index contributed by atoms with van der Waals surface area (Å²) in [7, 11) is 0. The lowest BCUT2D eigenvalue weighted by atomic mass is 10.3. The van der Waals surface area contributed by atoms with Crippen molar-refractivity contribution in [2.75, 3.05) is 5.32 Å². The highest BCUT2D eigenvalue weighted by Crippen LogP contribution is 2.12. The number of nitrogens with zero attached hydrogens (tertiary/aromatic N) is 2. The van der Waals surface area contributed by atoms with Crippen LogP contribution in [0.2, 0.25) is 0 Å². The van der Waals surface area contributed by atoms with Crippen molar-refractivity contribution in [3.8, 4) is 0 Å². The average molecular weight is 194 g/mol. The molecular weight excluding hydrogens is 184 g/mol. The first kappa shape index (κ1) is 8.25. The minimum absolute atomic E-state index is 0.725. The first-order chi connectivity index (χ1) is 6.36. The molecule has 0 aliphatic carbocycles. The van der Waals surface area contributed by atoms with E-state index in [1.54, 1.807) is 23.9 Å². The lowest BCUT2D eigenvalue weighted by Gasteiger charge is -1.99. The summed E-state index contributed by atoms with van der Waals surface area (Å²) in [6.07, 6.45) is 3.48. The first-order valence-electron chi connectivity index (χ1n) is 3.98. The second-order valence-electron chi connectivity index (χ2n) is 2.67. The Morgan fingerprint density at radius 3 is 3.08 bits per heavy atom. The van der Waals surface area contributed by atoms with E-state index in [0.717, 1.165) is 23.1 Å². The maximum absolute atomic E-state index is 4.17. The van der Waals surface area contributed by atoms with Gasteiger partial charge in [-0.3, -0.25) is 0 Å². The lowest BCUT2D eigenvalue weighted by molar-refractivity contribution is 1.04. The maximum Gasteiger partial charge on any atom is 0.182 e. The molecule has 0 saturated carbocycles. The summed E-state index contributed by atoms with van der Waals surface area (Å²) < 4.78 is 0. The number of H-pyrrole nitrogens is 1. The predicted octanol–water partition coefficient (Wildman–Crippen LogP) is 1.79. The van der Waals surface area contributed by atoms with Crippen molar-refractivity contribution >= 4 is 16.5 Å². The second kappa shape index (κ2) is 3.57. The fourth-order valence-electron chi connectivity index (χ4n) is 1.04. The summed E-state index contributed by atoms with van der Waals surface area (Å²) in [6, 6.07) is 0. The van der Waals surface area contributed by atoms with Gasteiger partial charge in [0.2, 0.25) is 0 Å². The molecule has 0 unspecified atom stereocenters. The van der Waals surface area contributed by atoms with Crippen LogP contribution in [0.3, 0.4) is 0 Å². The van der Waals surface area contributed by atoms with Crippen LogP contribution >= 0.6 is 11.3 Å². The molecule has 0 saturated heterocycles. The van der Waals surface area contributed by atoms with Crippen molar-refractivity contribution in [1.82, 2.24) is 15.0 Å². The second-order valence-corrected chi connectivity index (χ2v) is 3.56. The van der Waals surface area contributed by atoms with Crippen LogP contribution in [0.15, 0.2) is 17.9 Å². The summed E-state index contributed by atoms with van der Waals surface area (Å²) in [4.78, 5) is 11.3. The van der Waals surface area contributed by atoms with Gasteiger partial charge in [0.1, 0.15) is 0 Å². The molecule has 0 atom stereocenters. The van der Waals surface area contributed by atoms with Gasteiger partial charge in [-0.15, -0.1) is 11.3 Å². The number of hydrogen-bond acceptors (Lipinski definition) is 4. The molecule has 0 aliphatic heterocycles. The Hall–Kier alpha value is -1.36. The smallest absolute Gasteiger partial charge is 0.182 e. The third kappa shape index (κ3) is 1.86. The normalized spacial score (nSPS) is 10.2. The zero-order chi connectivity index (χ0) is 9.10. The van der Waals surface area contributed by atoms with E-state index in [9.17, 15) is 0 Å². The van der Waals surface area contributed by atoms with Crippen LogP contribution in [-0.2, 0) is 6.54 Å². The van der Waals surface area contributed by atoms with E-state index >= 15 is 0 Å². The Balaban J connectivity index is 1.97. The molecule has 2 aromatic rings. The van der Waals surface area contributed by atoms with Gasteiger partial charge in [0.15, 0.2) is 5.13 Å². The van der Waals surface area contributed by atoms with Gasteiger partial charge in [-0.1, -0.05) is 0 Å². The van der Waals surface area contributed by atoms with Crippen molar-refractivity contribution < 1.29 is 0 Å². The highest BCUT2D eigenvalue weighted by Gasteiger charge is 2.00. The van der Waals surface area contributed by atoms with Gasteiger partial charge in [-0.05, 0) is 6.92 Å². The molecule has 0 spiro atoms. The molecule has 0 aromatic carbocycles. The number of aryl methyl sites for hydroxylation is 1. The number of thiazole rings is 1. The molecule has 0 fully saturated rings. The molecule has 0 bridgehead atoms. The van der Waals surface area contributed by atoms with E-state index in [2.05, 4.69) is 20.3 Å². The summed E-state index contributed by atoms with van der Waals surface area (Å²) >= 11 is 1.59. The van der Waals surface area contributed by atoms with Gasteiger partial charge in [-0.25, -0.2) is 9.97 Å². The van der Waals surface area contributed by atoms with E-state index in [1.165, 1.54) is 0 Å². The minimum Gasteiger partial charge on any atom is -0.356 e. The number of aromatic amines is 1. The predicted molar refractivity (Wildman–Crippen MR) is 52.8 cm³/mol. The van der Waals surface area contributed by atoms with Crippen molar-refractivity contribution in [3.63, 3.8) is 0 Å². The maximum atomic E-state index is 4.17. The molecule has 2 N–H and O–H groups in total. The van der Waals surface area contributed by atoms with E-state index in [1.807, 2.05) is 12.3 Å². The third-order valence-electron chi connectivity index (χ3n) is 1.77. The number of hydrogen-bond donors (Lipinski definition) is 2. The Bertz CT molecular complexity index is 365. The van der Waals surface area contributed by atoms with E-state index in [-0.39, 0.29) is 0 Å². The van der Waals surface area contributed by atoms with Crippen LogP contribution in [0.5, 0.6) is 0 Å². The molecule has 0 amide bonds. The molecule has 13 heavy (non-hydrogen) atoms. The molecule has 68 valence electrons. The summed E-state index contributed by atoms with van der Waals surface area (Å²) in [6.45, 7) is 2.73. The molecule has 2 rings (SSSR count). The van der Waals surface area contributed by atoms with Crippen molar-refractivity contribution in [2.24, 2.45) is 0 Å². The van der Waals surface area contributed by atoms with Crippen LogP contribution in [0.1, 0.15) is 11.4 Å². The van der Waals surface area contributed by atoms with E-state index in [4.69, 9.17) is 0 Å². The monoisotopic (exact) mass is 194 g/mol. The van der Waals surface area contributed by atoms with Gasteiger partial charge in [-0.2, -0.15) is 0 Å². The van der Waals surface area contributed by atoms with E-state index < -0.39 is 0 Å². The third-order valence-corrected chi connectivity index (χ3v) is 2.50. The van der Waals surface area contributed by atoms with Crippen LogP contribution in [0.4, 0.5) is 5.13 Å². The van der Waals surface area contributed by atoms with Gasteiger partial charge in [0.05, 0.1) is 18.6 Å². The van der Waals surface area contributed by atoms with Crippen molar-refractivity contribution in [3.05, 3.63) is 29.3 Å². The highest BCUT2D eigenvalue weighted by molar-refractivity contribution is 7.13. The molecule has 4 nitrogen and oxygen atoms in total. The number of aromatic nitrogens is 3. The topological polar surface area (TPSA) is 53.6 Å². The van der Waals surface area contributed by atoms with Crippen molar-refractivity contribution in [2.45, 2.75) is 13.5 Å². The average Bonchev–Trinajstić information content (AvgIpc) is 2.72. The van der Waals surface area contributed by atoms with Crippen LogP contribution in [-0.4, -0.2) is 15.0 Å². The summed E-state index contributed by atoms with van der Waals surface area (Å²) in [5, 5.41) is 6.07. The molecule has 2 heterocycles. The fraction of sp³-hybridized carbons (Fsp3) is 0.250. The first-order valence-corrected chi connectivity index (χ1v) is 4.86. The number of nitrogens with one attached hydrogen (secondary N) is 2. The molecule has 2 aromatic heterocycles. The van der Waals surface area contributed by atoms with Gasteiger partial charge in [0, 0.05) is 17.3 Å². The Morgan fingerprint density at radius 1 is 1.54 bits per heavy atom. The highest BCUT2D eigenvalue weighted by atomic mass is 32.1. The number of rotatable bonds is 3. The SMILES string of the molecule is Cc1[nH]cnc1CNc1nccs1. The van der Waals surface area contributed by atoms with Crippen molar-refractivity contribution in [1.29, 1.82) is 0 Å². The quantitative estimate of drug-likeness (QED) is 0.783. The van der Waals surface area contributed by atoms with Crippen LogP contribution in [0, 0.1) is 6.92 Å². The summed E-state index contributed by atoms with van der Waals surface area (Å²) in [5.74, 6) is 0. The molecule has 0 aliphatic rings. The largest absolute Gasteiger partial charge is 0.356 e. The Labute approximate surface area is 80.1 Å². The van der Waals surface area contributed by atoms with Gasteiger partial charge in [0.25, 0.3) is 0 Å². The van der Waals surface area contributed by atoms with E-state index in [0.29, 0.717) is 0 Å². The lowest BCUT2D eigenvalue weighted by Crippen LogP contribution is -2.00. The summed E-state index contributed by atoms with van der Waals surface area (Å²) in [5.41, 5.74) is 2.14. The zero-order valence-electron chi connectivity index (χ0n) is 7.24. The molecule has 5 heteroatoms. The molecular formula is C8H10N4S. The minimum atomic E-state index is 0.725. The number of anilines is 1. The molecule has 0 radical (unpaired) electrons. The fourth-order valence-corrected chi connectivity index (χ4v) is 1.56.